The molecule has 1 unspecified atom stereocenters. The minimum absolute atomic E-state index is 0. The van der Waals surface area contributed by atoms with Gasteiger partial charge < -0.3 is 30.2 Å². The summed E-state index contributed by atoms with van der Waals surface area (Å²) in [5.41, 5.74) is 3.84. The van der Waals surface area contributed by atoms with Crippen LogP contribution in [0.2, 0.25) is 0 Å². The number of hydrogen-bond acceptors (Lipinski definition) is 6. The zero-order valence-corrected chi connectivity index (χ0v) is 28.0. The molecule has 0 saturated carbocycles. The van der Waals surface area contributed by atoms with Crippen LogP contribution in [0.4, 0.5) is 16.2 Å². The van der Waals surface area contributed by atoms with Gasteiger partial charge in [-0.2, -0.15) is 0 Å². The minimum Gasteiger partial charge on any atom is -0.342 e. The van der Waals surface area contributed by atoms with Crippen molar-refractivity contribution in [3.05, 3.63) is 59.7 Å². The maximum absolute atomic E-state index is 14.0. The Bertz CT molecular complexity index is 1490. The first-order valence-electron chi connectivity index (χ1n) is 16.6. The Kier molecular flexibility index (Phi) is 9.61. The number of hydrogen-bond donors (Lipinski definition) is 2. The predicted molar refractivity (Wildman–Crippen MR) is 190 cm³/mol. The second-order valence-corrected chi connectivity index (χ2v) is 15.2. The number of piperidine rings is 1. The van der Waals surface area contributed by atoms with E-state index < -0.39 is 5.25 Å². The van der Waals surface area contributed by atoms with E-state index in [1.54, 1.807) is 0 Å². The quantitative estimate of drug-likeness (QED) is 0.411. The van der Waals surface area contributed by atoms with Crippen LogP contribution in [0.25, 0.3) is 0 Å². The molecule has 2 N–H and O–H groups in total. The number of anilines is 2. The zero-order chi connectivity index (χ0) is 32.4. The third kappa shape index (κ3) is 7.05. The van der Waals surface area contributed by atoms with Gasteiger partial charge in [-0.05, 0) is 48.8 Å². The molecule has 4 aliphatic heterocycles. The molecule has 5 amide bonds. The summed E-state index contributed by atoms with van der Waals surface area (Å²) in [6.45, 7) is 10.5. The van der Waals surface area contributed by atoms with Crippen molar-refractivity contribution in [2.45, 2.75) is 69.5 Å². The van der Waals surface area contributed by atoms with Gasteiger partial charge in [-0.15, -0.1) is 11.8 Å². The molecular formula is C35H54N6O4S. The molecule has 6 rings (SSSR count). The molecule has 0 radical (unpaired) electrons. The Morgan fingerprint density at radius 1 is 0.978 bits per heavy atom. The van der Waals surface area contributed by atoms with Gasteiger partial charge >= 0.3 is 6.03 Å². The lowest BCUT2D eigenvalue weighted by atomic mass is 9.92. The number of carbonyl (C=O) groups excluding carboxylic acids is 4. The van der Waals surface area contributed by atoms with Gasteiger partial charge in [0.2, 0.25) is 17.7 Å². The molecule has 11 heteroatoms. The fourth-order valence-corrected chi connectivity index (χ4v) is 8.41. The number of rotatable bonds is 7. The highest BCUT2D eigenvalue weighted by Gasteiger charge is 2.44. The largest absolute Gasteiger partial charge is 0.342 e. The molecule has 10 nitrogen and oxygen atoms in total. The minimum atomic E-state index is -0.489. The number of nitrogens with one attached hydrogen (secondary N) is 2. The number of piperazine rings is 1. The first-order chi connectivity index (χ1) is 22.1. The lowest BCUT2D eigenvalue weighted by molar-refractivity contribution is -0.137. The number of urea groups is 1. The van der Waals surface area contributed by atoms with Crippen LogP contribution < -0.4 is 15.5 Å². The molecule has 0 aliphatic carbocycles. The zero-order valence-electron chi connectivity index (χ0n) is 27.2. The van der Waals surface area contributed by atoms with Gasteiger partial charge in [-0.3, -0.25) is 14.4 Å². The smallest absolute Gasteiger partial charge is 0.322 e. The number of thioether (sulfide) groups is 1. The molecular weight excluding hydrogens is 600 g/mol. The number of amides is 5. The SMILES string of the molecule is CC(C)(C)CCN1C(=O)[C@H](CC(=O)N2CCC(N3CCc4ccccc4NC3=O)CC2)SC1c1ccccc1N1CCNCC1=O.[HH].[HH].[HH].[HH]. The van der Waals surface area contributed by atoms with Crippen LogP contribution in [-0.4, -0.2) is 95.6 Å². The Labute approximate surface area is 282 Å². The summed E-state index contributed by atoms with van der Waals surface area (Å²) in [6.07, 6.45) is 3.20. The van der Waals surface area contributed by atoms with Gasteiger partial charge in [0.25, 0.3) is 0 Å². The molecule has 2 aromatic carbocycles. The van der Waals surface area contributed by atoms with E-state index in [1.807, 2.05) is 62.1 Å². The monoisotopic (exact) mass is 654 g/mol. The average molecular weight is 655 g/mol. The van der Waals surface area contributed by atoms with Gasteiger partial charge in [-0.25, -0.2) is 4.79 Å². The molecule has 2 atom stereocenters. The van der Waals surface area contributed by atoms with Crippen LogP contribution >= 0.6 is 11.8 Å². The highest BCUT2D eigenvalue weighted by Crippen LogP contribution is 2.48. The Balaban J connectivity index is 0.00000217. The van der Waals surface area contributed by atoms with Crippen LogP contribution in [0, 0.1) is 5.41 Å². The van der Waals surface area contributed by atoms with Crippen molar-refractivity contribution < 1.29 is 24.9 Å². The summed E-state index contributed by atoms with van der Waals surface area (Å²) in [4.78, 5) is 61.1. The highest BCUT2D eigenvalue weighted by molar-refractivity contribution is 8.01. The van der Waals surface area contributed by atoms with E-state index in [2.05, 4.69) is 37.5 Å². The van der Waals surface area contributed by atoms with Crippen LogP contribution in [0.3, 0.4) is 0 Å². The molecule has 3 saturated heterocycles. The van der Waals surface area contributed by atoms with Crippen molar-refractivity contribution in [3.63, 3.8) is 0 Å². The summed E-state index contributed by atoms with van der Waals surface area (Å²) < 4.78 is 0. The molecule has 4 aliphatic rings. The topological polar surface area (TPSA) is 105 Å². The predicted octanol–water partition coefficient (Wildman–Crippen LogP) is 5.46. The van der Waals surface area contributed by atoms with Gasteiger partial charge in [0.05, 0.1) is 11.8 Å². The van der Waals surface area contributed by atoms with Gasteiger partial charge in [-0.1, -0.05) is 57.2 Å². The Morgan fingerprint density at radius 2 is 1.72 bits per heavy atom. The number of nitrogens with zero attached hydrogens (tertiary/aromatic N) is 4. The molecule has 0 aromatic heterocycles. The first-order valence-corrected chi connectivity index (χ1v) is 17.5. The summed E-state index contributed by atoms with van der Waals surface area (Å²) in [5, 5.41) is 5.44. The third-order valence-corrected chi connectivity index (χ3v) is 11.0. The summed E-state index contributed by atoms with van der Waals surface area (Å²) in [6, 6.07) is 15.8. The third-order valence-electron chi connectivity index (χ3n) is 9.58. The highest BCUT2D eigenvalue weighted by atomic mass is 32.2. The summed E-state index contributed by atoms with van der Waals surface area (Å²) in [7, 11) is 0. The van der Waals surface area contributed by atoms with Crippen molar-refractivity contribution in [2.75, 3.05) is 56.0 Å². The van der Waals surface area contributed by atoms with Gasteiger partial charge in [0.1, 0.15) is 5.37 Å². The number of carbonyl (C=O) groups is 4. The average Bonchev–Trinajstić information content (AvgIpc) is 3.23. The number of fused-ring (bicyclic) bond motifs is 1. The maximum Gasteiger partial charge on any atom is 0.322 e. The van der Waals surface area contributed by atoms with Crippen LogP contribution in [0.1, 0.15) is 68.7 Å². The van der Waals surface area contributed by atoms with Crippen LogP contribution in [0.15, 0.2) is 48.5 Å². The molecule has 46 heavy (non-hydrogen) atoms. The Morgan fingerprint density at radius 3 is 2.48 bits per heavy atom. The molecule has 4 heterocycles. The van der Waals surface area contributed by atoms with E-state index in [9.17, 15) is 19.2 Å². The van der Waals surface area contributed by atoms with Crippen molar-refractivity contribution in [1.82, 2.24) is 20.0 Å². The first kappa shape index (κ1) is 32.4. The van der Waals surface area contributed by atoms with Crippen molar-refractivity contribution >= 4 is 46.9 Å². The second kappa shape index (κ2) is 13.7. The summed E-state index contributed by atoms with van der Waals surface area (Å²) in [5.74, 6) is -0.00432. The lowest BCUT2D eigenvalue weighted by Gasteiger charge is -2.38. The fourth-order valence-electron chi connectivity index (χ4n) is 6.90. The van der Waals surface area contributed by atoms with Gasteiger partial charge in [0.15, 0.2) is 0 Å². The van der Waals surface area contributed by atoms with Gasteiger partial charge in [0, 0.05) is 74.4 Å². The molecule has 2 aromatic rings. The number of benzene rings is 2. The Hall–Kier alpha value is -3.57. The van der Waals surface area contributed by atoms with Crippen molar-refractivity contribution in [1.29, 1.82) is 0 Å². The summed E-state index contributed by atoms with van der Waals surface area (Å²) >= 11 is 1.54. The van der Waals surface area contributed by atoms with Crippen molar-refractivity contribution in [3.8, 4) is 0 Å². The van der Waals surface area contributed by atoms with Crippen molar-refractivity contribution in [2.24, 2.45) is 5.41 Å². The van der Waals surface area contributed by atoms with E-state index in [1.165, 1.54) is 11.8 Å². The van der Waals surface area contributed by atoms with E-state index >= 15 is 0 Å². The molecule has 3 fully saturated rings. The van der Waals surface area contributed by atoms with Crippen LogP contribution in [0.5, 0.6) is 0 Å². The molecule has 0 spiro atoms. The molecule has 254 valence electrons. The maximum atomic E-state index is 14.0. The number of para-hydroxylation sites is 2. The fraction of sp³-hybridized carbons (Fsp3) is 0.543. The normalized spacial score (nSPS) is 23.0. The second-order valence-electron chi connectivity index (χ2n) is 13.9. The van der Waals surface area contributed by atoms with Crippen LogP contribution in [-0.2, 0) is 20.8 Å². The number of likely N-dealkylation sites (tertiary alicyclic amines) is 1. The standard InChI is InChI=1S/C35H46N6O4S.4H2/c1-35(2,3)15-20-41-32(44)29(46-33(41)26-9-5-7-11-28(26)40-21-16-36-23-31(40)43)22-30(42)38-17-13-25(14-18-38)39-19-12-24-8-4-6-10-27(24)37-34(39)45;;;;/h4-11,25,29,33,36H,12-23H2,1-3H3,(H,37,45);4*1H/t29-,33?;;;;/m0..../s1. The van der Waals surface area contributed by atoms with E-state index in [0.717, 1.165) is 35.3 Å². The molecule has 0 bridgehead atoms. The lowest BCUT2D eigenvalue weighted by Crippen LogP contribution is -2.50. The van der Waals surface area contributed by atoms with E-state index in [0.29, 0.717) is 58.7 Å². The van der Waals surface area contributed by atoms with E-state index in [4.69, 9.17) is 0 Å². The van der Waals surface area contributed by atoms with E-state index in [-0.39, 0.29) is 52.7 Å².